The molecule has 2 aliphatic heterocycles. The summed E-state index contributed by atoms with van der Waals surface area (Å²) >= 11 is 0. The first-order chi connectivity index (χ1) is 16.4. The second kappa shape index (κ2) is 9.09. The Morgan fingerprint density at radius 2 is 1.76 bits per heavy atom. The quantitative estimate of drug-likeness (QED) is 0.565. The average Bonchev–Trinajstić information content (AvgIpc) is 3.30. The molecule has 0 atom stereocenters. The van der Waals surface area contributed by atoms with E-state index in [0.717, 1.165) is 6.07 Å². The molecular formula is C24H26F3N5O2. The van der Waals surface area contributed by atoms with Crippen molar-refractivity contribution in [2.75, 3.05) is 54.4 Å². The van der Waals surface area contributed by atoms with Gasteiger partial charge in [0.2, 0.25) is 0 Å². The fraction of sp³-hybridized carbons (Fsp3) is 0.375. The molecule has 1 aromatic heterocycles. The average molecular weight is 473 g/mol. The summed E-state index contributed by atoms with van der Waals surface area (Å²) in [7, 11) is 0. The molecular weight excluding hydrogens is 447 g/mol. The Bertz CT molecular complexity index is 1190. The van der Waals surface area contributed by atoms with E-state index < -0.39 is 17.5 Å². The van der Waals surface area contributed by atoms with Crippen molar-refractivity contribution >= 4 is 23.1 Å². The van der Waals surface area contributed by atoms with E-state index in [0.29, 0.717) is 56.3 Å². The van der Waals surface area contributed by atoms with Crippen LogP contribution in [-0.2, 0) is 0 Å². The van der Waals surface area contributed by atoms with Crippen molar-refractivity contribution in [3.63, 3.8) is 0 Å². The largest absolute Gasteiger partial charge is 0.486 e. The highest BCUT2D eigenvalue weighted by atomic mass is 19.1. The maximum Gasteiger partial charge on any atom is 0.299 e. The summed E-state index contributed by atoms with van der Waals surface area (Å²) in [6, 6.07) is 5.51. The van der Waals surface area contributed by atoms with Gasteiger partial charge in [-0.25, -0.2) is 13.2 Å². The van der Waals surface area contributed by atoms with E-state index in [2.05, 4.69) is 20.5 Å². The molecule has 3 aromatic rings. The van der Waals surface area contributed by atoms with E-state index in [1.807, 2.05) is 13.8 Å². The summed E-state index contributed by atoms with van der Waals surface area (Å²) < 4.78 is 55.2. The van der Waals surface area contributed by atoms with Crippen molar-refractivity contribution in [2.45, 2.75) is 19.9 Å². The Morgan fingerprint density at radius 1 is 0.971 bits per heavy atom. The Kier molecular flexibility index (Phi) is 5.99. The van der Waals surface area contributed by atoms with Gasteiger partial charge in [0, 0.05) is 49.9 Å². The monoisotopic (exact) mass is 473 g/mol. The summed E-state index contributed by atoms with van der Waals surface area (Å²) in [5.41, 5.74) is 1.62. The molecule has 7 nitrogen and oxygen atoms in total. The van der Waals surface area contributed by atoms with Gasteiger partial charge in [-0.15, -0.1) is 0 Å². The Balaban J connectivity index is 1.39. The lowest BCUT2D eigenvalue weighted by molar-refractivity contribution is 0.287. The molecule has 1 fully saturated rings. The first-order valence-corrected chi connectivity index (χ1v) is 11.3. The molecule has 5 rings (SSSR count). The molecule has 0 amide bonds. The van der Waals surface area contributed by atoms with Crippen LogP contribution in [0.25, 0.3) is 11.3 Å². The molecule has 0 saturated carbocycles. The van der Waals surface area contributed by atoms with Crippen molar-refractivity contribution in [3.8, 4) is 17.0 Å². The number of aromatic nitrogens is 1. The highest BCUT2D eigenvalue weighted by molar-refractivity contribution is 5.72. The van der Waals surface area contributed by atoms with Crippen molar-refractivity contribution in [2.24, 2.45) is 0 Å². The predicted molar refractivity (Wildman–Crippen MR) is 125 cm³/mol. The van der Waals surface area contributed by atoms with Gasteiger partial charge in [-0.2, -0.15) is 4.98 Å². The van der Waals surface area contributed by atoms with E-state index in [1.165, 1.54) is 18.4 Å². The second-order valence-corrected chi connectivity index (χ2v) is 8.63. The van der Waals surface area contributed by atoms with Gasteiger partial charge in [-0.05, 0) is 26.0 Å². The minimum atomic E-state index is -0.626. The zero-order valence-corrected chi connectivity index (χ0v) is 19.0. The highest BCUT2D eigenvalue weighted by Gasteiger charge is 2.25. The minimum absolute atomic E-state index is 0.0293. The summed E-state index contributed by atoms with van der Waals surface area (Å²) in [5.74, 6) is -1.44. The molecule has 3 heterocycles. The van der Waals surface area contributed by atoms with Crippen LogP contribution >= 0.6 is 0 Å². The minimum Gasteiger partial charge on any atom is -0.486 e. The lowest BCUT2D eigenvalue weighted by atomic mass is 10.1. The van der Waals surface area contributed by atoms with Crippen molar-refractivity contribution in [1.29, 1.82) is 0 Å². The molecule has 0 bridgehead atoms. The van der Waals surface area contributed by atoms with Crippen LogP contribution in [-0.4, -0.2) is 50.4 Å². The number of anilines is 4. The summed E-state index contributed by atoms with van der Waals surface area (Å²) in [6.45, 7) is 7.74. The van der Waals surface area contributed by atoms with Gasteiger partial charge in [0.15, 0.2) is 11.6 Å². The molecule has 0 radical (unpaired) electrons. The molecule has 2 aromatic carbocycles. The van der Waals surface area contributed by atoms with Crippen LogP contribution in [0.15, 0.2) is 34.9 Å². The zero-order chi connectivity index (χ0) is 23.8. The maximum absolute atomic E-state index is 14.8. The SMILES string of the molecule is CC(C)N1CCOc2c(F)cc(-c3coc(Nc4cc(F)c(N5CCNCC5)cc4F)n3)cc21. The normalized spacial score (nSPS) is 15.9. The van der Waals surface area contributed by atoms with Crippen LogP contribution in [0.2, 0.25) is 0 Å². The number of oxazole rings is 1. The Labute approximate surface area is 195 Å². The van der Waals surface area contributed by atoms with Gasteiger partial charge in [0.25, 0.3) is 6.01 Å². The van der Waals surface area contributed by atoms with Crippen LogP contribution in [0.1, 0.15) is 13.8 Å². The first-order valence-electron chi connectivity index (χ1n) is 11.3. The maximum atomic E-state index is 14.8. The first kappa shape index (κ1) is 22.4. The van der Waals surface area contributed by atoms with Gasteiger partial charge in [-0.3, -0.25) is 0 Å². The van der Waals surface area contributed by atoms with Gasteiger partial charge in [-0.1, -0.05) is 0 Å². The third-order valence-electron chi connectivity index (χ3n) is 6.07. The number of ether oxygens (including phenoxy) is 1. The lowest BCUT2D eigenvalue weighted by Crippen LogP contribution is -2.43. The molecule has 1 saturated heterocycles. The molecule has 2 aliphatic rings. The van der Waals surface area contributed by atoms with E-state index >= 15 is 0 Å². The fourth-order valence-electron chi connectivity index (χ4n) is 4.35. The number of hydrogen-bond acceptors (Lipinski definition) is 7. The third kappa shape index (κ3) is 4.25. The topological polar surface area (TPSA) is 65.8 Å². The number of nitrogens with zero attached hydrogens (tertiary/aromatic N) is 3. The van der Waals surface area contributed by atoms with Gasteiger partial charge in [0.05, 0.1) is 23.6 Å². The molecule has 0 spiro atoms. The number of hydrogen-bond donors (Lipinski definition) is 2. The molecule has 0 unspecified atom stereocenters. The number of rotatable bonds is 5. The van der Waals surface area contributed by atoms with Gasteiger partial charge < -0.3 is 29.6 Å². The van der Waals surface area contributed by atoms with Crippen LogP contribution < -0.4 is 25.2 Å². The zero-order valence-electron chi connectivity index (χ0n) is 19.0. The number of halogens is 3. The van der Waals surface area contributed by atoms with Crippen LogP contribution in [0.4, 0.5) is 36.2 Å². The number of nitrogens with one attached hydrogen (secondary N) is 2. The standard InChI is InChI=1S/C24H26F3N5O2/c1-14(2)32-7-8-33-23-18(27)9-15(10-22(23)32)20-13-34-24(30-20)29-19-11-17(26)21(12-16(19)25)31-5-3-28-4-6-31/h9-14,28H,3-8H2,1-2H3,(H,29,30). The van der Waals surface area contributed by atoms with Crippen molar-refractivity contribution in [3.05, 3.63) is 48.0 Å². The fourth-order valence-corrected chi connectivity index (χ4v) is 4.35. The molecule has 2 N–H and O–H groups in total. The lowest BCUT2D eigenvalue weighted by Gasteiger charge is -2.34. The summed E-state index contributed by atoms with van der Waals surface area (Å²) in [4.78, 5) is 8.17. The smallest absolute Gasteiger partial charge is 0.299 e. The van der Waals surface area contributed by atoms with Crippen LogP contribution in [0, 0.1) is 17.5 Å². The number of fused-ring (bicyclic) bond motifs is 1. The van der Waals surface area contributed by atoms with Crippen molar-refractivity contribution in [1.82, 2.24) is 10.3 Å². The Hall–Kier alpha value is -3.40. The predicted octanol–water partition coefficient (Wildman–Crippen LogP) is 4.52. The second-order valence-electron chi connectivity index (χ2n) is 8.63. The molecule has 34 heavy (non-hydrogen) atoms. The third-order valence-corrected chi connectivity index (χ3v) is 6.07. The van der Waals surface area contributed by atoms with E-state index in [4.69, 9.17) is 9.15 Å². The van der Waals surface area contributed by atoms with Crippen LogP contribution in [0.3, 0.4) is 0 Å². The molecule has 10 heteroatoms. The summed E-state index contributed by atoms with van der Waals surface area (Å²) in [6.07, 6.45) is 1.34. The summed E-state index contributed by atoms with van der Waals surface area (Å²) in [5, 5.41) is 5.87. The Morgan fingerprint density at radius 3 is 2.53 bits per heavy atom. The van der Waals surface area contributed by atoms with Crippen molar-refractivity contribution < 1.29 is 22.3 Å². The highest BCUT2D eigenvalue weighted by Crippen LogP contribution is 2.39. The number of benzene rings is 2. The number of piperazine rings is 1. The van der Waals surface area contributed by atoms with Gasteiger partial charge in [0.1, 0.15) is 30.2 Å². The van der Waals surface area contributed by atoms with Crippen LogP contribution in [0.5, 0.6) is 5.75 Å². The van der Waals surface area contributed by atoms with E-state index in [-0.39, 0.29) is 29.2 Å². The van der Waals surface area contributed by atoms with E-state index in [1.54, 1.807) is 11.0 Å². The van der Waals surface area contributed by atoms with Gasteiger partial charge >= 0.3 is 0 Å². The molecule has 0 aliphatic carbocycles. The molecule has 180 valence electrons. The van der Waals surface area contributed by atoms with E-state index in [9.17, 15) is 13.2 Å².